The molecule has 2 fully saturated rings. The van der Waals surface area contributed by atoms with E-state index >= 15 is 0 Å². The summed E-state index contributed by atoms with van der Waals surface area (Å²) in [5, 5.41) is 1.21. The summed E-state index contributed by atoms with van der Waals surface area (Å²) in [7, 11) is 0. The quantitative estimate of drug-likeness (QED) is 0.876. The summed E-state index contributed by atoms with van der Waals surface area (Å²) in [4.78, 5) is 30.0. The molecule has 0 bridgehead atoms. The van der Waals surface area contributed by atoms with Crippen molar-refractivity contribution in [2.45, 2.75) is 26.2 Å². The van der Waals surface area contributed by atoms with Gasteiger partial charge in [0.1, 0.15) is 0 Å². The normalized spacial score (nSPS) is 25.4. The molecule has 2 atom stereocenters. The first-order valence-corrected chi connectivity index (χ1v) is 9.22. The molecule has 0 saturated carbocycles. The van der Waals surface area contributed by atoms with Gasteiger partial charge in [-0.15, -0.1) is 0 Å². The highest BCUT2D eigenvalue weighted by molar-refractivity contribution is 5.88. The van der Waals surface area contributed by atoms with Crippen molar-refractivity contribution in [1.29, 1.82) is 0 Å². The van der Waals surface area contributed by atoms with Gasteiger partial charge in [-0.3, -0.25) is 9.59 Å². The molecule has 138 valence electrons. The average molecular weight is 355 g/mol. The predicted octanol–water partition coefficient (Wildman–Crippen LogP) is 1.76. The first-order chi connectivity index (χ1) is 12.5. The van der Waals surface area contributed by atoms with E-state index in [0.29, 0.717) is 45.6 Å². The summed E-state index contributed by atoms with van der Waals surface area (Å²) in [5.74, 6) is -0.190. The fourth-order valence-electron chi connectivity index (χ4n) is 4.59. The van der Waals surface area contributed by atoms with Crippen LogP contribution in [0, 0.1) is 18.3 Å². The van der Waals surface area contributed by atoms with Gasteiger partial charge < -0.3 is 20.4 Å². The Bertz CT molecular complexity index is 859. The number of carbonyl (C=O) groups excluding carboxylic acids is 2. The molecule has 0 radical (unpaired) electrons. The maximum Gasteiger partial charge on any atom is 0.225 e. The number of hydrogen-bond donors (Lipinski definition) is 2. The van der Waals surface area contributed by atoms with Crippen molar-refractivity contribution in [2.24, 2.45) is 17.1 Å². The molecule has 2 amide bonds. The van der Waals surface area contributed by atoms with Crippen LogP contribution >= 0.6 is 0 Å². The number of benzene rings is 1. The Morgan fingerprint density at radius 2 is 2.27 bits per heavy atom. The van der Waals surface area contributed by atoms with Gasteiger partial charge in [0.25, 0.3) is 0 Å². The number of amides is 2. The van der Waals surface area contributed by atoms with Crippen LogP contribution in [0.25, 0.3) is 10.9 Å². The van der Waals surface area contributed by atoms with Crippen LogP contribution < -0.4 is 5.73 Å². The highest BCUT2D eigenvalue weighted by Gasteiger charge is 2.53. The van der Waals surface area contributed by atoms with Crippen molar-refractivity contribution in [3.05, 3.63) is 35.5 Å². The fraction of sp³-hybridized carbons (Fsp3) is 0.500. The summed E-state index contributed by atoms with van der Waals surface area (Å²) in [5.41, 5.74) is 8.57. The number of fused-ring (bicyclic) bond motifs is 2. The van der Waals surface area contributed by atoms with E-state index in [-0.39, 0.29) is 17.7 Å². The summed E-state index contributed by atoms with van der Waals surface area (Å²) >= 11 is 0. The van der Waals surface area contributed by atoms with Crippen molar-refractivity contribution in [2.75, 3.05) is 26.3 Å². The summed E-state index contributed by atoms with van der Waals surface area (Å²) in [6.07, 6.45) is 3.72. The lowest BCUT2D eigenvalue weighted by molar-refractivity contribution is -0.136. The maximum absolute atomic E-state index is 12.8. The smallest absolute Gasteiger partial charge is 0.225 e. The van der Waals surface area contributed by atoms with Gasteiger partial charge in [0.2, 0.25) is 11.8 Å². The second-order valence-electron chi connectivity index (χ2n) is 7.63. The monoisotopic (exact) mass is 355 g/mol. The highest BCUT2D eigenvalue weighted by atomic mass is 16.5. The van der Waals surface area contributed by atoms with Crippen molar-refractivity contribution < 1.29 is 14.3 Å². The first kappa shape index (κ1) is 17.1. The van der Waals surface area contributed by atoms with E-state index in [9.17, 15) is 9.59 Å². The molecule has 2 aliphatic rings. The number of hydrogen-bond acceptors (Lipinski definition) is 3. The molecule has 4 rings (SSSR count). The molecule has 26 heavy (non-hydrogen) atoms. The van der Waals surface area contributed by atoms with Gasteiger partial charge in [0.15, 0.2) is 0 Å². The Morgan fingerprint density at radius 1 is 1.42 bits per heavy atom. The number of ether oxygens (including phenoxy) is 1. The lowest BCUT2D eigenvalue weighted by Crippen LogP contribution is -2.48. The number of aromatic nitrogens is 1. The van der Waals surface area contributed by atoms with E-state index in [1.54, 1.807) is 0 Å². The third-order valence-electron chi connectivity index (χ3n) is 6.15. The van der Waals surface area contributed by atoms with Gasteiger partial charge >= 0.3 is 0 Å². The van der Waals surface area contributed by atoms with E-state index in [4.69, 9.17) is 10.5 Å². The lowest BCUT2D eigenvalue weighted by Gasteiger charge is -2.34. The van der Waals surface area contributed by atoms with E-state index in [1.807, 2.05) is 17.2 Å². The number of nitrogens with zero attached hydrogens (tertiary/aromatic N) is 1. The SMILES string of the molecule is Cc1cccc2[nH]cc(CCC(=O)N3C[C@@H]4COCC[C@]4(C(N)=O)C3)c12. The van der Waals surface area contributed by atoms with Crippen LogP contribution in [0.15, 0.2) is 24.4 Å². The van der Waals surface area contributed by atoms with E-state index in [1.165, 1.54) is 10.9 Å². The number of rotatable bonds is 4. The predicted molar refractivity (Wildman–Crippen MR) is 98.5 cm³/mol. The second-order valence-corrected chi connectivity index (χ2v) is 7.63. The van der Waals surface area contributed by atoms with Crippen LogP contribution in [0.4, 0.5) is 0 Å². The molecular formula is C20H25N3O3. The highest BCUT2D eigenvalue weighted by Crippen LogP contribution is 2.42. The number of likely N-dealkylation sites (tertiary alicyclic amines) is 1. The van der Waals surface area contributed by atoms with Gasteiger partial charge in [0.05, 0.1) is 12.0 Å². The van der Waals surface area contributed by atoms with Gasteiger partial charge in [-0.05, 0) is 37.0 Å². The Morgan fingerprint density at radius 3 is 3.04 bits per heavy atom. The molecule has 0 spiro atoms. The van der Waals surface area contributed by atoms with E-state index in [0.717, 1.165) is 11.1 Å². The zero-order chi connectivity index (χ0) is 18.3. The molecule has 6 heteroatoms. The molecule has 6 nitrogen and oxygen atoms in total. The number of nitrogens with one attached hydrogen (secondary N) is 1. The summed E-state index contributed by atoms with van der Waals surface area (Å²) in [6, 6.07) is 6.17. The number of primary amides is 1. The van der Waals surface area contributed by atoms with E-state index < -0.39 is 5.41 Å². The largest absolute Gasteiger partial charge is 0.381 e. The van der Waals surface area contributed by atoms with Gasteiger partial charge in [-0.1, -0.05) is 12.1 Å². The van der Waals surface area contributed by atoms with Crippen LogP contribution in [-0.2, 0) is 20.7 Å². The lowest BCUT2D eigenvalue weighted by atomic mass is 9.74. The molecule has 0 aliphatic carbocycles. The Labute approximate surface area is 152 Å². The number of aromatic amines is 1. The molecule has 0 unspecified atom stereocenters. The van der Waals surface area contributed by atoms with Crippen LogP contribution in [0.1, 0.15) is 24.0 Å². The minimum atomic E-state index is -0.606. The molecular weight excluding hydrogens is 330 g/mol. The number of carbonyl (C=O) groups is 2. The van der Waals surface area contributed by atoms with Gasteiger partial charge in [0, 0.05) is 49.1 Å². The van der Waals surface area contributed by atoms with Crippen LogP contribution in [-0.4, -0.2) is 48.0 Å². The average Bonchev–Trinajstić information content (AvgIpc) is 3.22. The molecule has 3 heterocycles. The maximum atomic E-state index is 12.8. The van der Waals surface area contributed by atoms with Crippen LogP contribution in [0.5, 0.6) is 0 Å². The molecule has 3 N–H and O–H groups in total. The van der Waals surface area contributed by atoms with Gasteiger partial charge in [-0.25, -0.2) is 0 Å². The molecule has 2 saturated heterocycles. The number of aryl methyl sites for hydroxylation is 2. The van der Waals surface area contributed by atoms with E-state index in [2.05, 4.69) is 24.0 Å². The van der Waals surface area contributed by atoms with Crippen molar-refractivity contribution >= 4 is 22.7 Å². The molecule has 2 aromatic rings. The van der Waals surface area contributed by atoms with Gasteiger partial charge in [-0.2, -0.15) is 0 Å². The third kappa shape index (κ3) is 2.69. The van der Waals surface area contributed by atoms with Crippen LogP contribution in [0.3, 0.4) is 0 Å². The number of H-pyrrole nitrogens is 1. The zero-order valence-corrected chi connectivity index (χ0v) is 15.1. The molecule has 2 aliphatic heterocycles. The molecule has 1 aromatic heterocycles. The zero-order valence-electron chi connectivity index (χ0n) is 15.1. The summed E-state index contributed by atoms with van der Waals surface area (Å²) in [6.45, 7) is 4.13. The van der Waals surface area contributed by atoms with Crippen molar-refractivity contribution in [3.8, 4) is 0 Å². The van der Waals surface area contributed by atoms with Crippen molar-refractivity contribution in [3.63, 3.8) is 0 Å². The standard InChI is InChI=1S/C20H25N3O3/c1-13-3-2-4-16-18(13)14(9-22-16)5-6-17(24)23-10-15-11-26-8-7-20(15,12-23)19(21)25/h2-4,9,15,22H,5-8,10-12H2,1H3,(H2,21,25)/t15-,20+/m1/s1. The molecule has 1 aromatic carbocycles. The fourth-order valence-corrected chi connectivity index (χ4v) is 4.59. The van der Waals surface area contributed by atoms with Crippen LogP contribution in [0.2, 0.25) is 0 Å². The minimum Gasteiger partial charge on any atom is -0.381 e. The van der Waals surface area contributed by atoms with Crippen molar-refractivity contribution in [1.82, 2.24) is 9.88 Å². The third-order valence-corrected chi connectivity index (χ3v) is 6.15. The first-order valence-electron chi connectivity index (χ1n) is 9.22. The second kappa shape index (κ2) is 6.43. The summed E-state index contributed by atoms with van der Waals surface area (Å²) < 4.78 is 5.52. The number of nitrogens with two attached hydrogens (primary N) is 1. The Balaban J connectivity index is 1.46. The Kier molecular flexibility index (Phi) is 4.23. The Hall–Kier alpha value is -2.34. The minimum absolute atomic E-state index is 0.0213. The topological polar surface area (TPSA) is 88.4 Å².